The van der Waals surface area contributed by atoms with Gasteiger partial charge >= 0.3 is 6.03 Å². The first-order valence-electron chi connectivity index (χ1n) is 5.68. The summed E-state index contributed by atoms with van der Waals surface area (Å²) in [5, 5.41) is 3.91. The van der Waals surface area contributed by atoms with E-state index in [1.807, 2.05) is 13.0 Å². The summed E-state index contributed by atoms with van der Waals surface area (Å²) in [6.45, 7) is 6.30. The Hall–Kier alpha value is -1.36. The molecule has 0 radical (unpaired) electrons. The van der Waals surface area contributed by atoms with Crippen LogP contribution in [0.3, 0.4) is 0 Å². The maximum Gasteiger partial charge on any atom is 0.332 e. The molecule has 2 amide bonds. The molecular weight excluding hydrogens is 234 g/mol. The number of rotatable bonds is 5. The molecule has 94 valence electrons. The van der Waals surface area contributed by atoms with E-state index in [0.29, 0.717) is 5.92 Å². The Kier molecular flexibility index (Phi) is 5.15. The van der Waals surface area contributed by atoms with E-state index < -0.39 is 6.03 Å². The van der Waals surface area contributed by atoms with E-state index in [1.54, 1.807) is 11.3 Å². The van der Waals surface area contributed by atoms with Crippen LogP contribution < -0.4 is 11.2 Å². The zero-order valence-corrected chi connectivity index (χ0v) is 11.3. The van der Waals surface area contributed by atoms with Crippen molar-refractivity contribution in [2.24, 2.45) is 16.8 Å². The van der Waals surface area contributed by atoms with Crippen LogP contribution in [0.25, 0.3) is 0 Å². The molecule has 0 saturated heterocycles. The molecule has 0 aliphatic rings. The molecule has 1 aromatic rings. The number of nitrogens with two attached hydrogens (primary N) is 1. The number of nitrogens with one attached hydrogen (secondary N) is 1. The van der Waals surface area contributed by atoms with E-state index in [9.17, 15) is 4.79 Å². The Bertz CT molecular complexity index is 410. The lowest BCUT2D eigenvalue weighted by Crippen LogP contribution is -2.25. The normalized spacial score (nSPS) is 11.9. The number of thiophene rings is 1. The van der Waals surface area contributed by atoms with Crippen molar-refractivity contribution in [1.29, 1.82) is 0 Å². The monoisotopic (exact) mass is 253 g/mol. The maximum atomic E-state index is 10.5. The highest BCUT2D eigenvalue weighted by Crippen LogP contribution is 2.20. The van der Waals surface area contributed by atoms with Crippen LogP contribution >= 0.6 is 11.3 Å². The molecule has 4 nitrogen and oxygen atoms in total. The van der Waals surface area contributed by atoms with Gasteiger partial charge in [0.2, 0.25) is 0 Å². The minimum atomic E-state index is -0.638. The van der Waals surface area contributed by atoms with Gasteiger partial charge in [0.15, 0.2) is 0 Å². The first kappa shape index (κ1) is 13.7. The molecule has 17 heavy (non-hydrogen) atoms. The first-order valence-corrected chi connectivity index (χ1v) is 6.49. The third-order valence-corrected chi connectivity index (χ3v) is 3.57. The molecule has 1 rings (SSSR count). The van der Waals surface area contributed by atoms with Gasteiger partial charge in [0.05, 0.1) is 10.6 Å². The van der Waals surface area contributed by atoms with Gasteiger partial charge in [-0.05, 0) is 37.8 Å². The number of aryl methyl sites for hydroxylation is 1. The highest BCUT2D eigenvalue weighted by molar-refractivity contribution is 7.14. The fourth-order valence-corrected chi connectivity index (χ4v) is 2.30. The molecule has 0 spiro atoms. The predicted octanol–water partition coefficient (Wildman–Crippen LogP) is 2.73. The number of carbonyl (C=O) groups is 1. The molecule has 0 atom stereocenters. The van der Waals surface area contributed by atoms with Gasteiger partial charge in [-0.2, -0.15) is 5.10 Å². The summed E-state index contributed by atoms with van der Waals surface area (Å²) in [6, 6.07) is 3.51. The molecule has 1 aromatic heterocycles. The van der Waals surface area contributed by atoms with E-state index in [2.05, 4.69) is 30.4 Å². The lowest BCUT2D eigenvalue weighted by molar-refractivity contribution is 0.249. The molecule has 0 aromatic carbocycles. The molecule has 0 bridgehead atoms. The average molecular weight is 253 g/mol. The Morgan fingerprint density at radius 3 is 2.82 bits per heavy atom. The van der Waals surface area contributed by atoms with Gasteiger partial charge < -0.3 is 5.73 Å². The summed E-state index contributed by atoms with van der Waals surface area (Å²) < 4.78 is 0. The van der Waals surface area contributed by atoms with Crippen LogP contribution in [0.5, 0.6) is 0 Å². The number of hydrogen-bond donors (Lipinski definition) is 2. The van der Waals surface area contributed by atoms with Gasteiger partial charge in [0.1, 0.15) is 0 Å². The molecule has 0 fully saturated rings. The zero-order chi connectivity index (χ0) is 12.8. The van der Waals surface area contributed by atoms with Crippen LogP contribution in [-0.2, 0) is 6.42 Å². The van der Waals surface area contributed by atoms with Crippen molar-refractivity contribution in [3.63, 3.8) is 0 Å². The van der Waals surface area contributed by atoms with Crippen molar-refractivity contribution in [2.45, 2.75) is 33.6 Å². The quantitative estimate of drug-likeness (QED) is 0.615. The maximum absolute atomic E-state index is 10.5. The molecule has 5 heteroatoms. The van der Waals surface area contributed by atoms with E-state index in [0.717, 1.165) is 17.0 Å². The van der Waals surface area contributed by atoms with Gasteiger partial charge in [0, 0.05) is 4.88 Å². The number of amides is 2. The average Bonchev–Trinajstić information content (AvgIpc) is 2.71. The number of nitrogens with zero attached hydrogens (tertiary/aromatic N) is 1. The van der Waals surface area contributed by atoms with Crippen LogP contribution in [-0.4, -0.2) is 11.7 Å². The van der Waals surface area contributed by atoms with Crippen molar-refractivity contribution in [2.75, 3.05) is 0 Å². The standard InChI is InChI=1S/C12H19N3OS/c1-8(2)4-5-10-6-7-11(17-10)9(3)14-15-12(13)16/h6-8H,4-5H2,1-3H3,(H3,13,15,16)/b14-9+. The van der Waals surface area contributed by atoms with E-state index in [-0.39, 0.29) is 0 Å². The van der Waals surface area contributed by atoms with Gasteiger partial charge in [0.25, 0.3) is 0 Å². The van der Waals surface area contributed by atoms with E-state index in [4.69, 9.17) is 5.73 Å². The van der Waals surface area contributed by atoms with Crippen LogP contribution in [0.1, 0.15) is 36.9 Å². The third-order valence-electron chi connectivity index (χ3n) is 2.32. The summed E-state index contributed by atoms with van der Waals surface area (Å²) in [5.41, 5.74) is 7.97. The topological polar surface area (TPSA) is 67.5 Å². The SMILES string of the molecule is C/C(=N\NC(N)=O)c1ccc(CCC(C)C)s1. The molecule has 0 aliphatic heterocycles. The molecule has 1 heterocycles. The number of primary amides is 1. The van der Waals surface area contributed by atoms with Gasteiger partial charge in [-0.25, -0.2) is 10.2 Å². The van der Waals surface area contributed by atoms with Crippen molar-refractivity contribution < 1.29 is 4.79 Å². The largest absolute Gasteiger partial charge is 0.350 e. The Morgan fingerprint density at radius 2 is 2.24 bits per heavy atom. The minimum Gasteiger partial charge on any atom is -0.350 e. The summed E-state index contributed by atoms with van der Waals surface area (Å²) in [5.74, 6) is 0.715. The number of carbonyl (C=O) groups excluding carboxylic acids is 1. The second-order valence-electron chi connectivity index (χ2n) is 4.37. The number of urea groups is 1. The van der Waals surface area contributed by atoms with Crippen LogP contribution in [0.15, 0.2) is 17.2 Å². The lowest BCUT2D eigenvalue weighted by Gasteiger charge is -2.01. The predicted molar refractivity (Wildman–Crippen MR) is 72.4 cm³/mol. The minimum absolute atomic E-state index is 0.638. The third kappa shape index (κ3) is 4.99. The smallest absolute Gasteiger partial charge is 0.332 e. The lowest BCUT2D eigenvalue weighted by atomic mass is 10.1. The van der Waals surface area contributed by atoms with Crippen molar-refractivity contribution >= 4 is 23.1 Å². The highest BCUT2D eigenvalue weighted by atomic mass is 32.1. The second kappa shape index (κ2) is 6.39. The number of hydrogen-bond acceptors (Lipinski definition) is 3. The molecule has 3 N–H and O–H groups in total. The Balaban J connectivity index is 2.60. The van der Waals surface area contributed by atoms with Crippen LogP contribution in [0, 0.1) is 5.92 Å². The molecular formula is C12H19N3OS. The van der Waals surface area contributed by atoms with Crippen LogP contribution in [0.4, 0.5) is 4.79 Å². The van der Waals surface area contributed by atoms with Gasteiger partial charge in [-0.15, -0.1) is 11.3 Å². The van der Waals surface area contributed by atoms with E-state index >= 15 is 0 Å². The summed E-state index contributed by atoms with van der Waals surface area (Å²) >= 11 is 1.71. The Labute approximate surface area is 106 Å². The highest BCUT2D eigenvalue weighted by Gasteiger charge is 2.04. The fourth-order valence-electron chi connectivity index (χ4n) is 1.33. The fraction of sp³-hybridized carbons (Fsp3) is 0.500. The van der Waals surface area contributed by atoms with Crippen molar-refractivity contribution in [3.05, 3.63) is 21.9 Å². The number of hydrazone groups is 1. The molecule has 0 unspecified atom stereocenters. The zero-order valence-electron chi connectivity index (χ0n) is 10.5. The van der Waals surface area contributed by atoms with Crippen LogP contribution in [0.2, 0.25) is 0 Å². The second-order valence-corrected chi connectivity index (χ2v) is 5.54. The van der Waals surface area contributed by atoms with Crippen molar-refractivity contribution in [1.82, 2.24) is 5.43 Å². The van der Waals surface area contributed by atoms with Gasteiger partial charge in [-0.3, -0.25) is 0 Å². The van der Waals surface area contributed by atoms with E-state index in [1.165, 1.54) is 11.3 Å². The van der Waals surface area contributed by atoms with Gasteiger partial charge in [-0.1, -0.05) is 13.8 Å². The summed E-state index contributed by atoms with van der Waals surface area (Å²) in [7, 11) is 0. The molecule has 0 saturated carbocycles. The summed E-state index contributed by atoms with van der Waals surface area (Å²) in [4.78, 5) is 12.9. The summed E-state index contributed by atoms with van der Waals surface area (Å²) in [6.07, 6.45) is 2.29. The first-order chi connectivity index (χ1) is 7.99. The van der Waals surface area contributed by atoms with Crippen molar-refractivity contribution in [3.8, 4) is 0 Å². The Morgan fingerprint density at radius 1 is 1.53 bits per heavy atom. The molecule has 0 aliphatic carbocycles.